The van der Waals surface area contributed by atoms with Gasteiger partial charge in [-0.2, -0.15) is 5.26 Å². The Kier molecular flexibility index (Phi) is 11.8. The number of hydrogen-bond donors (Lipinski definition) is 3. The number of piperazine rings is 1. The number of aryl methyl sites for hydroxylation is 2. The number of nitriles is 1. The number of benzene rings is 3. The van der Waals surface area contributed by atoms with E-state index in [4.69, 9.17) is 4.74 Å². The largest absolute Gasteiger partial charge is 0.489 e. The number of piperidine rings is 2. The van der Waals surface area contributed by atoms with Crippen molar-refractivity contribution in [3.63, 3.8) is 0 Å². The third kappa shape index (κ3) is 8.67. The van der Waals surface area contributed by atoms with Crippen molar-refractivity contribution >= 4 is 29.1 Å². The zero-order valence-corrected chi connectivity index (χ0v) is 35.3. The highest BCUT2D eigenvalue weighted by Crippen LogP contribution is 2.55. The molecular weight excluding hydrogens is 746 g/mol. The van der Waals surface area contributed by atoms with Crippen molar-refractivity contribution in [3.8, 4) is 11.8 Å². The second-order valence-corrected chi connectivity index (χ2v) is 18.2. The molecule has 0 spiro atoms. The lowest BCUT2D eigenvalue weighted by Crippen LogP contribution is -2.74. The van der Waals surface area contributed by atoms with Gasteiger partial charge in [0.2, 0.25) is 5.91 Å². The highest BCUT2D eigenvalue weighted by atomic mass is 19.1. The molecule has 11 nitrogen and oxygen atoms in total. The van der Waals surface area contributed by atoms with Crippen LogP contribution in [0.1, 0.15) is 90.8 Å². The molecule has 4 fully saturated rings. The lowest BCUT2D eigenvalue weighted by Gasteiger charge is -2.63. The fourth-order valence-corrected chi connectivity index (χ4v) is 10.1. The summed E-state index contributed by atoms with van der Waals surface area (Å²) in [6.45, 7) is 22.4. The van der Waals surface area contributed by atoms with E-state index in [0.29, 0.717) is 35.6 Å². The first-order valence-electron chi connectivity index (χ1n) is 21.0. The van der Waals surface area contributed by atoms with Crippen molar-refractivity contribution in [2.24, 2.45) is 16.7 Å². The van der Waals surface area contributed by atoms with Gasteiger partial charge in [0.15, 0.2) is 0 Å². The van der Waals surface area contributed by atoms with Crippen LogP contribution >= 0.6 is 0 Å². The maximum Gasteiger partial charge on any atom is 0.254 e. The zero-order valence-electron chi connectivity index (χ0n) is 35.3. The number of amides is 3. The molecule has 312 valence electrons. The predicted molar refractivity (Wildman–Crippen MR) is 228 cm³/mol. The van der Waals surface area contributed by atoms with E-state index in [0.717, 1.165) is 86.9 Å². The van der Waals surface area contributed by atoms with Gasteiger partial charge in [0.05, 0.1) is 17.2 Å². The summed E-state index contributed by atoms with van der Waals surface area (Å²) in [5.74, 6) is -0.264. The number of nitrogens with zero attached hydrogens (tertiary/aromatic N) is 4. The molecule has 7 rings (SSSR count). The summed E-state index contributed by atoms with van der Waals surface area (Å²) >= 11 is 0. The van der Waals surface area contributed by atoms with E-state index in [1.807, 2.05) is 38.1 Å². The molecule has 3 aliphatic heterocycles. The second-order valence-electron chi connectivity index (χ2n) is 18.2. The van der Waals surface area contributed by atoms with E-state index in [9.17, 15) is 19.6 Å². The SMILES string of the molecule is C=C1CCC(NC(=O)c2ccc(N3CCN(CC4CCN(c5ccc(C(=O)NC6C(C)(C)C(Oc7cc(C)c(C#N)c(C)c7)C6(C)C)cc5)CC4)CC3)cc2F)C(=O)N1. The molecule has 12 heteroatoms. The normalized spacial score (nSPS) is 23.1. The number of carbonyl (C=O) groups is 3. The van der Waals surface area contributed by atoms with Crippen LogP contribution in [0.3, 0.4) is 0 Å². The monoisotopic (exact) mass is 803 g/mol. The van der Waals surface area contributed by atoms with Crippen LogP contribution in [0.5, 0.6) is 5.75 Å². The summed E-state index contributed by atoms with van der Waals surface area (Å²) in [5, 5.41) is 18.1. The molecule has 3 heterocycles. The van der Waals surface area contributed by atoms with Crippen LogP contribution in [-0.4, -0.2) is 86.6 Å². The molecule has 1 atom stereocenters. The molecule has 1 aliphatic carbocycles. The van der Waals surface area contributed by atoms with E-state index < -0.39 is 17.8 Å². The molecular formula is C47H58FN7O4. The van der Waals surface area contributed by atoms with Gasteiger partial charge >= 0.3 is 0 Å². The molecule has 59 heavy (non-hydrogen) atoms. The molecule has 3 N–H and O–H groups in total. The molecule has 0 radical (unpaired) electrons. The van der Waals surface area contributed by atoms with Gasteiger partial charge in [0.1, 0.15) is 23.7 Å². The third-order valence-corrected chi connectivity index (χ3v) is 13.2. The number of halogens is 1. The van der Waals surface area contributed by atoms with Gasteiger partial charge in [0.25, 0.3) is 11.8 Å². The van der Waals surface area contributed by atoms with Crippen molar-refractivity contribution in [3.05, 3.63) is 101 Å². The van der Waals surface area contributed by atoms with Crippen LogP contribution in [0.2, 0.25) is 0 Å². The summed E-state index contributed by atoms with van der Waals surface area (Å²) < 4.78 is 21.7. The molecule has 3 saturated heterocycles. The van der Waals surface area contributed by atoms with Crippen LogP contribution in [0.4, 0.5) is 15.8 Å². The Hall–Kier alpha value is -5.41. The van der Waals surface area contributed by atoms with E-state index in [-0.39, 0.29) is 40.4 Å². The van der Waals surface area contributed by atoms with Gasteiger partial charge < -0.3 is 30.5 Å². The van der Waals surface area contributed by atoms with Gasteiger partial charge in [-0.25, -0.2) is 4.39 Å². The summed E-state index contributed by atoms with van der Waals surface area (Å²) in [4.78, 5) is 45.6. The van der Waals surface area contributed by atoms with E-state index in [1.165, 1.54) is 12.1 Å². The summed E-state index contributed by atoms with van der Waals surface area (Å²) in [6.07, 6.45) is 3.06. The Labute approximate surface area is 348 Å². The Morgan fingerprint density at radius 1 is 0.864 bits per heavy atom. The molecule has 3 aromatic carbocycles. The topological polar surface area (TPSA) is 130 Å². The summed E-state index contributed by atoms with van der Waals surface area (Å²) in [5.41, 5.74) is 4.92. The fraction of sp³-hybridized carbons (Fsp3) is 0.489. The molecule has 1 saturated carbocycles. The highest BCUT2D eigenvalue weighted by Gasteiger charge is 2.64. The van der Waals surface area contributed by atoms with Crippen LogP contribution in [0.15, 0.2) is 66.9 Å². The molecule has 0 bridgehead atoms. The number of rotatable bonds is 10. The van der Waals surface area contributed by atoms with Crippen molar-refractivity contribution in [1.29, 1.82) is 5.26 Å². The van der Waals surface area contributed by atoms with Gasteiger partial charge in [-0.05, 0) is 111 Å². The molecule has 4 aliphatic rings. The van der Waals surface area contributed by atoms with E-state index >= 15 is 4.39 Å². The zero-order chi connectivity index (χ0) is 42.2. The lowest BCUT2D eigenvalue weighted by molar-refractivity contribution is -0.164. The number of allylic oxidation sites excluding steroid dienone is 1. The molecule has 3 amide bonds. The van der Waals surface area contributed by atoms with Crippen molar-refractivity contribution < 1.29 is 23.5 Å². The van der Waals surface area contributed by atoms with E-state index in [2.05, 4.69) is 83.1 Å². The highest BCUT2D eigenvalue weighted by molar-refractivity contribution is 5.98. The number of ether oxygens (including phenoxy) is 1. The average molecular weight is 804 g/mol. The first kappa shape index (κ1) is 41.7. The minimum atomic E-state index is -0.702. The Morgan fingerprint density at radius 3 is 2.07 bits per heavy atom. The van der Waals surface area contributed by atoms with Gasteiger partial charge in [0, 0.05) is 85.3 Å². The summed E-state index contributed by atoms with van der Waals surface area (Å²) in [7, 11) is 0. The van der Waals surface area contributed by atoms with Gasteiger partial charge in [-0.15, -0.1) is 0 Å². The van der Waals surface area contributed by atoms with Gasteiger partial charge in [-0.3, -0.25) is 19.3 Å². The summed E-state index contributed by atoms with van der Waals surface area (Å²) in [6, 6.07) is 18.0. The Morgan fingerprint density at radius 2 is 1.47 bits per heavy atom. The standard InChI is InChI=1S/C47H58FN7O4/c1-29-24-36(25-30(2)38(29)27-49)59-45-46(4,5)44(47(45,6)7)52-41(56)33-9-11-34(12-10-33)54-18-16-32(17-19-54)28-53-20-22-55(23-21-53)35-13-14-37(39(48)26-35)42(57)51-40-15-8-31(3)50-43(40)58/h9-14,24-26,32,40,44-45H,3,8,15-23,28H2,1-2,4-7H3,(H,50,58)(H,51,57)(H,52,56). The first-order chi connectivity index (χ1) is 28.0. The van der Waals surface area contributed by atoms with Crippen LogP contribution in [0, 0.1) is 47.7 Å². The lowest BCUT2D eigenvalue weighted by atomic mass is 9.49. The Balaban J connectivity index is 0.846. The minimum Gasteiger partial charge on any atom is -0.489 e. The van der Waals surface area contributed by atoms with Crippen molar-refractivity contribution in [1.82, 2.24) is 20.9 Å². The van der Waals surface area contributed by atoms with Gasteiger partial charge in [-0.1, -0.05) is 34.3 Å². The molecule has 0 aromatic heterocycles. The maximum atomic E-state index is 15.1. The maximum absolute atomic E-state index is 15.1. The second kappa shape index (κ2) is 16.7. The fourth-order valence-electron chi connectivity index (χ4n) is 10.1. The number of anilines is 2. The Bertz CT molecular complexity index is 2110. The number of nitrogens with one attached hydrogen (secondary N) is 3. The average Bonchev–Trinajstić information content (AvgIpc) is 3.20. The van der Waals surface area contributed by atoms with Crippen LogP contribution < -0.4 is 30.5 Å². The van der Waals surface area contributed by atoms with E-state index in [1.54, 1.807) is 6.07 Å². The first-order valence-corrected chi connectivity index (χ1v) is 21.0. The van der Waals surface area contributed by atoms with Crippen molar-refractivity contribution in [2.45, 2.75) is 85.4 Å². The minimum absolute atomic E-state index is 0.0673. The smallest absolute Gasteiger partial charge is 0.254 e. The van der Waals surface area contributed by atoms with Crippen molar-refractivity contribution in [2.75, 3.05) is 55.6 Å². The number of hydrogen-bond acceptors (Lipinski definition) is 8. The predicted octanol–water partition coefficient (Wildman–Crippen LogP) is 6.49. The molecule has 1 unspecified atom stereocenters. The van der Waals surface area contributed by atoms with Crippen LogP contribution in [-0.2, 0) is 4.79 Å². The van der Waals surface area contributed by atoms with Crippen LogP contribution in [0.25, 0.3) is 0 Å². The quantitative estimate of drug-likeness (QED) is 0.212. The third-order valence-electron chi connectivity index (χ3n) is 13.2. The molecule has 3 aromatic rings. The number of carbonyl (C=O) groups excluding carboxylic acids is 3.